The molecule has 7 nitrogen and oxygen atoms in total. The maximum absolute atomic E-state index is 12.5. The van der Waals surface area contributed by atoms with Crippen LogP contribution < -0.4 is 5.56 Å². The van der Waals surface area contributed by atoms with Gasteiger partial charge in [0.1, 0.15) is 15.5 Å². The van der Waals surface area contributed by atoms with E-state index in [0.29, 0.717) is 33.3 Å². The first-order valence-corrected chi connectivity index (χ1v) is 11.0. The van der Waals surface area contributed by atoms with Crippen LogP contribution in [0.25, 0.3) is 21.3 Å². The van der Waals surface area contributed by atoms with Gasteiger partial charge in [0.2, 0.25) is 0 Å². The highest BCUT2D eigenvalue weighted by Gasteiger charge is 2.19. The van der Waals surface area contributed by atoms with E-state index in [9.17, 15) is 14.7 Å². The minimum absolute atomic E-state index is 0.154. The molecule has 4 aromatic rings. The number of thiophene rings is 1. The Balaban J connectivity index is 1.68. The lowest BCUT2D eigenvalue weighted by atomic mass is 10.2. The van der Waals surface area contributed by atoms with E-state index < -0.39 is 5.97 Å². The van der Waals surface area contributed by atoms with Gasteiger partial charge in [0.15, 0.2) is 5.16 Å². The summed E-state index contributed by atoms with van der Waals surface area (Å²) in [5, 5.41) is 10.5. The number of para-hydroxylation sites is 2. The quantitative estimate of drug-likeness (QED) is 0.444. The Hall–Kier alpha value is -2.65. The van der Waals surface area contributed by atoms with Crippen molar-refractivity contribution in [1.29, 1.82) is 0 Å². The second-order valence-corrected chi connectivity index (χ2v) is 9.17. The first kappa shape index (κ1) is 19.7. The number of aromatic nitrogens is 4. The molecule has 150 valence electrons. The zero-order valence-corrected chi connectivity index (χ0v) is 17.9. The van der Waals surface area contributed by atoms with Crippen LogP contribution in [-0.4, -0.2) is 30.6 Å². The van der Waals surface area contributed by atoms with Crippen LogP contribution in [0.2, 0.25) is 0 Å². The van der Waals surface area contributed by atoms with Gasteiger partial charge in [0.05, 0.1) is 22.2 Å². The molecular formula is C20H20N4O3S2. The van der Waals surface area contributed by atoms with Crippen molar-refractivity contribution < 1.29 is 9.90 Å². The highest BCUT2D eigenvalue weighted by atomic mass is 32.2. The van der Waals surface area contributed by atoms with E-state index in [2.05, 4.69) is 34.4 Å². The molecule has 3 heterocycles. The fourth-order valence-electron chi connectivity index (χ4n) is 3.30. The zero-order valence-electron chi connectivity index (χ0n) is 16.2. The number of benzene rings is 1. The molecule has 29 heavy (non-hydrogen) atoms. The Morgan fingerprint density at radius 2 is 2.07 bits per heavy atom. The summed E-state index contributed by atoms with van der Waals surface area (Å²) in [6, 6.07) is 8.02. The smallest absolute Gasteiger partial charge is 0.346 e. The monoisotopic (exact) mass is 428 g/mol. The van der Waals surface area contributed by atoms with Gasteiger partial charge in [-0.05, 0) is 30.5 Å². The molecule has 0 saturated carbocycles. The topological polar surface area (TPSA) is 101 Å². The van der Waals surface area contributed by atoms with Crippen molar-refractivity contribution in [2.45, 2.75) is 38.2 Å². The van der Waals surface area contributed by atoms with E-state index in [1.807, 2.05) is 18.2 Å². The van der Waals surface area contributed by atoms with Crippen LogP contribution in [0.15, 0.2) is 34.2 Å². The first-order chi connectivity index (χ1) is 13.8. The molecule has 0 amide bonds. The maximum atomic E-state index is 12.5. The van der Waals surface area contributed by atoms with Crippen LogP contribution in [-0.2, 0) is 12.3 Å². The Kier molecular flexibility index (Phi) is 5.18. The van der Waals surface area contributed by atoms with Gasteiger partial charge in [-0.25, -0.2) is 14.8 Å². The summed E-state index contributed by atoms with van der Waals surface area (Å²) in [6.45, 7) is 6.81. The molecule has 0 aliphatic carbocycles. The molecule has 0 aliphatic heterocycles. The van der Waals surface area contributed by atoms with E-state index in [1.54, 1.807) is 6.92 Å². The molecule has 0 unspecified atom stereocenters. The number of aromatic carboxylic acids is 1. The van der Waals surface area contributed by atoms with Gasteiger partial charge >= 0.3 is 5.97 Å². The Bertz CT molecular complexity index is 1290. The van der Waals surface area contributed by atoms with Crippen molar-refractivity contribution >= 4 is 50.3 Å². The van der Waals surface area contributed by atoms with Crippen molar-refractivity contribution in [3.05, 3.63) is 50.9 Å². The molecule has 0 bridgehead atoms. The third kappa shape index (κ3) is 3.67. The molecule has 1 aromatic carbocycles. The molecular weight excluding hydrogens is 408 g/mol. The number of carboxylic acids is 1. The number of hydrogen-bond acceptors (Lipinski definition) is 6. The van der Waals surface area contributed by atoms with Gasteiger partial charge < -0.3 is 14.7 Å². The van der Waals surface area contributed by atoms with Crippen LogP contribution >= 0.6 is 23.1 Å². The molecule has 0 aliphatic rings. The molecule has 0 saturated heterocycles. The zero-order chi connectivity index (χ0) is 20.7. The number of aryl methyl sites for hydroxylation is 1. The van der Waals surface area contributed by atoms with Gasteiger partial charge in [-0.15, -0.1) is 11.3 Å². The van der Waals surface area contributed by atoms with E-state index in [1.165, 1.54) is 11.8 Å². The van der Waals surface area contributed by atoms with Crippen molar-refractivity contribution in [3.63, 3.8) is 0 Å². The van der Waals surface area contributed by atoms with E-state index >= 15 is 0 Å². The van der Waals surface area contributed by atoms with E-state index in [-0.39, 0.29) is 10.4 Å². The van der Waals surface area contributed by atoms with Crippen LogP contribution in [0.5, 0.6) is 0 Å². The summed E-state index contributed by atoms with van der Waals surface area (Å²) in [6.07, 6.45) is 0. The van der Waals surface area contributed by atoms with Crippen LogP contribution in [0.3, 0.4) is 0 Å². The molecule has 0 fully saturated rings. The normalized spacial score (nSPS) is 11.7. The number of fused-ring (bicyclic) bond motifs is 2. The minimum Gasteiger partial charge on any atom is -0.477 e. The van der Waals surface area contributed by atoms with Gasteiger partial charge in [-0.2, -0.15) is 0 Å². The Morgan fingerprint density at radius 3 is 2.79 bits per heavy atom. The maximum Gasteiger partial charge on any atom is 0.346 e. The van der Waals surface area contributed by atoms with Gasteiger partial charge in [-0.1, -0.05) is 37.7 Å². The Morgan fingerprint density at radius 1 is 1.31 bits per heavy atom. The minimum atomic E-state index is -1.04. The second kappa shape index (κ2) is 7.64. The number of carboxylic acid groups (broad SMARTS) is 1. The Labute approximate surface area is 174 Å². The lowest BCUT2D eigenvalue weighted by molar-refractivity contribution is 0.0701. The standard InChI is InChI=1S/C20H20N4O3S2/c1-10(2)8-24-13-7-5-4-6-12(13)21-20(24)28-9-14-22-17(25)15-11(3)16(19(26)27)29-18(15)23-14/h4-7,10H,8-9H2,1-3H3,(H,26,27)(H,22,23,25). The number of H-pyrrole nitrogens is 1. The van der Waals surface area contributed by atoms with Crippen LogP contribution in [0.1, 0.15) is 34.9 Å². The summed E-state index contributed by atoms with van der Waals surface area (Å²) in [5.41, 5.74) is 2.18. The van der Waals surface area contributed by atoms with Crippen molar-refractivity contribution in [2.75, 3.05) is 0 Å². The number of nitrogens with zero attached hydrogens (tertiary/aromatic N) is 3. The third-order valence-electron chi connectivity index (χ3n) is 4.55. The lowest BCUT2D eigenvalue weighted by Crippen LogP contribution is -2.11. The fourth-order valence-corrected chi connectivity index (χ4v) is 5.23. The highest BCUT2D eigenvalue weighted by Crippen LogP contribution is 2.29. The molecule has 0 radical (unpaired) electrons. The SMILES string of the molecule is Cc1c(C(=O)O)sc2nc(CSc3nc4ccccc4n3CC(C)C)[nH]c(=O)c12. The lowest BCUT2D eigenvalue weighted by Gasteiger charge is -2.11. The van der Waals surface area contributed by atoms with Crippen LogP contribution in [0.4, 0.5) is 0 Å². The summed E-state index contributed by atoms with van der Waals surface area (Å²) in [7, 11) is 0. The average molecular weight is 429 g/mol. The molecule has 2 N–H and O–H groups in total. The third-order valence-corrected chi connectivity index (χ3v) is 6.71. The number of thioether (sulfide) groups is 1. The molecule has 0 spiro atoms. The van der Waals surface area contributed by atoms with E-state index in [4.69, 9.17) is 4.98 Å². The van der Waals surface area contributed by atoms with Gasteiger partial charge in [0.25, 0.3) is 5.56 Å². The van der Waals surface area contributed by atoms with Crippen LogP contribution in [0, 0.1) is 12.8 Å². The molecule has 4 rings (SSSR count). The number of rotatable bonds is 6. The van der Waals surface area contributed by atoms with Crippen molar-refractivity contribution in [3.8, 4) is 0 Å². The van der Waals surface area contributed by atoms with Crippen molar-refractivity contribution in [1.82, 2.24) is 19.5 Å². The molecule has 0 atom stereocenters. The summed E-state index contributed by atoms with van der Waals surface area (Å²) < 4.78 is 2.19. The summed E-state index contributed by atoms with van der Waals surface area (Å²) >= 11 is 2.55. The summed E-state index contributed by atoms with van der Waals surface area (Å²) in [5.74, 6) is 0.369. The summed E-state index contributed by atoms with van der Waals surface area (Å²) in [4.78, 5) is 36.5. The predicted molar refractivity (Wildman–Crippen MR) is 116 cm³/mol. The van der Waals surface area contributed by atoms with Gasteiger partial charge in [0, 0.05) is 6.54 Å². The van der Waals surface area contributed by atoms with E-state index in [0.717, 1.165) is 34.1 Å². The fraction of sp³-hybridized carbons (Fsp3) is 0.300. The van der Waals surface area contributed by atoms with Gasteiger partial charge in [-0.3, -0.25) is 4.79 Å². The predicted octanol–water partition coefficient (Wildman–Crippen LogP) is 4.29. The first-order valence-electron chi connectivity index (χ1n) is 9.18. The number of imidazole rings is 1. The largest absolute Gasteiger partial charge is 0.477 e. The number of aromatic amines is 1. The average Bonchev–Trinajstić information content (AvgIpc) is 3.18. The number of carbonyl (C=O) groups is 1. The molecule has 9 heteroatoms. The second-order valence-electron chi connectivity index (χ2n) is 7.23. The van der Waals surface area contributed by atoms with Crippen molar-refractivity contribution in [2.24, 2.45) is 5.92 Å². The number of nitrogens with one attached hydrogen (secondary N) is 1. The molecule has 3 aromatic heterocycles. The number of hydrogen-bond donors (Lipinski definition) is 2. The highest BCUT2D eigenvalue weighted by molar-refractivity contribution is 7.98.